The van der Waals surface area contributed by atoms with Crippen molar-refractivity contribution in [3.8, 4) is 174 Å². The fraction of sp³-hybridized carbons (Fsp3) is 0.0672. The molecule has 10 nitrogen and oxygen atoms in total. The Labute approximate surface area is 834 Å². The molecule has 0 radical (unpaired) electrons. The summed E-state index contributed by atoms with van der Waals surface area (Å²) in [5.74, 6) is 2.19. The number of benzene rings is 18. The number of furan rings is 2. The molecule has 18 aromatic carbocycles. The van der Waals surface area contributed by atoms with E-state index >= 15 is 0 Å². The molecule has 144 heavy (non-hydrogen) atoms. The van der Waals surface area contributed by atoms with Gasteiger partial charge < -0.3 is 13.4 Å². The zero-order valence-electron chi connectivity index (χ0n) is 80.3. The maximum atomic E-state index is 6.37. The first-order valence-electron chi connectivity index (χ1n) is 49.3. The SMILES string of the molecule is CC1(C)c2ccccc2-c2nc(-c3cccc(-c4cccc(-c5cccc6c5oc5ccccc56)c4)c3)nc(-c3ccccc3)c21.CC1(C)c2ccccc2-c2nc(-c3cccc(-c4cccc(-n5c6ccccc6c6ccccc65)c4)c3)nc(-c3ccccc3)c21.CC1(C)c2ccccc2-c2nc(-c3cccc(-c4ccncc4)c3)nc(-c3cccc(-c4cccc(-c5ccc6oc7ccccc7c6c5)c4)c3)c21. The molecule has 28 rings (SSSR count). The van der Waals surface area contributed by atoms with E-state index in [2.05, 4.69) is 464 Å². The van der Waals surface area contributed by atoms with E-state index in [-0.39, 0.29) is 16.2 Å². The highest BCUT2D eigenvalue weighted by molar-refractivity contribution is 6.12. The number of para-hydroxylation sites is 5. The summed E-state index contributed by atoms with van der Waals surface area (Å²) in [6.45, 7) is 13.7. The lowest BCUT2D eigenvalue weighted by molar-refractivity contribution is 0.657. The molecule has 0 N–H and O–H groups in total. The molecule has 25 aromatic rings. The van der Waals surface area contributed by atoms with E-state index in [1.807, 2.05) is 48.8 Å². The van der Waals surface area contributed by atoms with Crippen molar-refractivity contribution < 1.29 is 8.83 Å². The molecule has 0 bridgehead atoms. The zero-order valence-corrected chi connectivity index (χ0v) is 80.3. The van der Waals surface area contributed by atoms with Crippen LogP contribution >= 0.6 is 0 Å². The lowest BCUT2D eigenvalue weighted by Gasteiger charge is -2.24. The second-order valence-electron chi connectivity index (χ2n) is 39.3. The summed E-state index contributed by atoms with van der Waals surface area (Å²) in [4.78, 5) is 36.1. The molecule has 7 heterocycles. The lowest BCUT2D eigenvalue weighted by atomic mass is 9.80. The number of hydrogen-bond donors (Lipinski definition) is 0. The number of aromatic nitrogens is 8. The van der Waals surface area contributed by atoms with Crippen LogP contribution in [0.25, 0.3) is 240 Å². The van der Waals surface area contributed by atoms with E-state index in [0.29, 0.717) is 5.82 Å². The van der Waals surface area contributed by atoms with E-state index in [1.165, 1.54) is 66.3 Å². The Bertz CT molecular complexity index is 9390. The molecule has 0 atom stereocenters. The van der Waals surface area contributed by atoms with Crippen LogP contribution in [-0.2, 0) is 16.2 Å². The minimum Gasteiger partial charge on any atom is -0.456 e. The molecule has 10 heteroatoms. The average Bonchev–Trinajstić information content (AvgIpc) is 1.57. The molecule has 7 aromatic heterocycles. The Balaban J connectivity index is 0.000000110. The Morgan fingerprint density at radius 1 is 0.194 bits per heavy atom. The third-order valence-corrected chi connectivity index (χ3v) is 29.6. The van der Waals surface area contributed by atoms with E-state index in [9.17, 15) is 0 Å². The number of pyridine rings is 1. The summed E-state index contributed by atoms with van der Waals surface area (Å²) in [5.41, 5.74) is 43.3. The highest BCUT2D eigenvalue weighted by Gasteiger charge is 2.44. The summed E-state index contributed by atoms with van der Waals surface area (Å²) < 4.78 is 14.8. The predicted molar refractivity (Wildman–Crippen MR) is 591 cm³/mol. The van der Waals surface area contributed by atoms with Crippen LogP contribution < -0.4 is 0 Å². The zero-order chi connectivity index (χ0) is 96.5. The Hall–Kier alpha value is -18.3. The molecular weight excluding hydrogens is 1750 g/mol. The largest absolute Gasteiger partial charge is 0.456 e. The fourth-order valence-corrected chi connectivity index (χ4v) is 22.6. The van der Waals surface area contributed by atoms with Crippen LogP contribution in [0.3, 0.4) is 0 Å². The molecule has 3 aliphatic carbocycles. The Morgan fingerprint density at radius 3 is 0.979 bits per heavy atom. The van der Waals surface area contributed by atoms with E-state index in [4.69, 9.17) is 38.7 Å². The van der Waals surface area contributed by atoms with Crippen molar-refractivity contribution in [3.05, 3.63) is 495 Å². The van der Waals surface area contributed by atoms with Gasteiger partial charge in [0.2, 0.25) is 0 Å². The van der Waals surface area contributed by atoms with Crippen LogP contribution in [0.4, 0.5) is 0 Å². The van der Waals surface area contributed by atoms with Crippen LogP contribution in [0.15, 0.2) is 470 Å². The normalized spacial score (nSPS) is 13.1. The van der Waals surface area contributed by atoms with Gasteiger partial charge in [0.25, 0.3) is 0 Å². The van der Waals surface area contributed by atoms with Crippen LogP contribution in [0, 0.1) is 0 Å². The van der Waals surface area contributed by atoms with Crippen molar-refractivity contribution in [3.63, 3.8) is 0 Å². The monoisotopic (exact) mass is 1850 g/mol. The summed E-state index contributed by atoms with van der Waals surface area (Å²) >= 11 is 0. The van der Waals surface area contributed by atoms with E-state index < -0.39 is 0 Å². The van der Waals surface area contributed by atoms with Crippen LogP contribution in [-0.4, -0.2) is 39.5 Å². The first kappa shape index (κ1) is 86.1. The number of rotatable bonds is 13. The Morgan fingerprint density at radius 2 is 0.500 bits per heavy atom. The summed E-state index contributed by atoms with van der Waals surface area (Å²) in [7, 11) is 0. The van der Waals surface area contributed by atoms with Crippen LogP contribution in [0.2, 0.25) is 0 Å². The molecule has 0 saturated carbocycles. The Kier molecular flexibility index (Phi) is 20.7. The summed E-state index contributed by atoms with van der Waals surface area (Å²) in [5, 5.41) is 7.06. The quantitative estimate of drug-likeness (QED) is 0.111. The van der Waals surface area contributed by atoms with Gasteiger partial charge in [0.05, 0.1) is 45.2 Å². The highest BCUT2D eigenvalue weighted by Crippen LogP contribution is 2.56. The fourth-order valence-electron chi connectivity index (χ4n) is 22.6. The van der Waals surface area contributed by atoms with Crippen molar-refractivity contribution in [1.29, 1.82) is 0 Å². The molecule has 0 amide bonds. The van der Waals surface area contributed by atoms with E-state index in [0.717, 1.165) is 201 Å². The number of hydrogen-bond acceptors (Lipinski definition) is 9. The van der Waals surface area contributed by atoms with Crippen molar-refractivity contribution >= 4 is 65.7 Å². The van der Waals surface area contributed by atoms with Gasteiger partial charge in [-0.25, -0.2) is 29.9 Å². The smallest absolute Gasteiger partial charge is 0.160 e. The van der Waals surface area contributed by atoms with Gasteiger partial charge in [-0.2, -0.15) is 0 Å². The molecule has 0 spiro atoms. The minimum atomic E-state index is -0.273. The summed E-state index contributed by atoms with van der Waals surface area (Å²) in [6.07, 6.45) is 3.65. The van der Waals surface area contributed by atoms with Gasteiger partial charge in [-0.15, -0.1) is 0 Å². The van der Waals surface area contributed by atoms with Crippen molar-refractivity contribution in [1.82, 2.24) is 39.5 Å². The molecule has 682 valence electrons. The van der Waals surface area contributed by atoms with Gasteiger partial charge in [-0.05, 0) is 175 Å². The van der Waals surface area contributed by atoms with Gasteiger partial charge in [-0.3, -0.25) is 4.98 Å². The summed E-state index contributed by atoms with van der Waals surface area (Å²) in [6, 6.07) is 159. The second kappa shape index (κ2) is 34.7. The standard InChI is InChI=1S/C48H33N3O.C43H31N3.C43H30N2O/c1-48(2)41-18-5-3-17-39(41)46-44(48)45(50-47(51-46)37-15-9-10-31(28-37)30-22-24-49-25-23-30)36-14-8-13-34(27-36)32-11-7-12-33(26-32)35-20-21-43-40(29-35)38-16-4-6-19-42(38)52-43;1-43(2)36-23-9-6-22-35(36)41-39(43)40(28-14-4-3-5-15-28)44-42(45-41)31-18-12-16-29(26-31)30-17-13-19-32(27-30)46-37-24-10-7-20-33(37)34-21-8-11-25-38(34)46;1-43(2)36-23-8-6-20-35(36)40-38(43)39(27-13-4-3-5-14-27)44-42(45-40)31-18-11-16-29(26-31)28-15-10-17-30(25-28)32-21-12-22-34-33-19-7-9-24-37(33)46-41(32)34/h3-29H,1-2H3;3-27H,1-2H3;3-26H,1-2H3. The minimum absolute atomic E-state index is 0.204. The molecule has 3 aliphatic rings. The lowest BCUT2D eigenvalue weighted by Crippen LogP contribution is -2.17. The first-order chi connectivity index (χ1) is 70.6. The third kappa shape index (κ3) is 14.7. The van der Waals surface area contributed by atoms with Crippen molar-refractivity contribution in [2.45, 2.75) is 57.8 Å². The predicted octanol–water partition coefficient (Wildman–Crippen LogP) is 34.6. The van der Waals surface area contributed by atoms with Crippen molar-refractivity contribution in [2.75, 3.05) is 0 Å². The van der Waals surface area contributed by atoms with Crippen molar-refractivity contribution in [2.24, 2.45) is 0 Å². The average molecular weight is 1850 g/mol. The maximum absolute atomic E-state index is 6.37. The van der Waals surface area contributed by atoms with Gasteiger partial charge in [0.15, 0.2) is 17.5 Å². The third-order valence-electron chi connectivity index (χ3n) is 29.6. The molecular formula is C134H94N8O2. The molecule has 0 fully saturated rings. The van der Waals surface area contributed by atoms with Gasteiger partial charge in [-0.1, -0.05) is 393 Å². The van der Waals surface area contributed by atoms with E-state index in [1.54, 1.807) is 0 Å². The van der Waals surface area contributed by atoms with Gasteiger partial charge >= 0.3 is 0 Å². The molecule has 0 saturated heterocycles. The maximum Gasteiger partial charge on any atom is 0.160 e. The van der Waals surface area contributed by atoms with Crippen LogP contribution in [0.1, 0.15) is 74.9 Å². The van der Waals surface area contributed by atoms with Gasteiger partial charge in [0, 0.05) is 139 Å². The van der Waals surface area contributed by atoms with Crippen LogP contribution in [0.5, 0.6) is 0 Å². The topological polar surface area (TPSA) is 121 Å². The first-order valence-corrected chi connectivity index (χ1v) is 49.3. The number of nitrogens with zero attached hydrogens (tertiary/aromatic N) is 8. The molecule has 0 unspecified atom stereocenters. The molecule has 0 aliphatic heterocycles. The number of fused-ring (bicyclic) bond motifs is 18. The van der Waals surface area contributed by atoms with Gasteiger partial charge in [0.1, 0.15) is 22.3 Å². The highest BCUT2D eigenvalue weighted by atomic mass is 16.3. The second-order valence-corrected chi connectivity index (χ2v) is 39.3.